The van der Waals surface area contributed by atoms with Crippen molar-refractivity contribution < 1.29 is 14.5 Å². The molecule has 0 radical (unpaired) electrons. The van der Waals surface area contributed by atoms with E-state index in [9.17, 15) is 19.7 Å². The third-order valence-corrected chi connectivity index (χ3v) is 3.87. The second kappa shape index (κ2) is 5.65. The molecule has 0 saturated carbocycles. The number of hydrogen-bond acceptors (Lipinski definition) is 5. The number of nitro benzene ring substituents is 1. The number of nitrogens with one attached hydrogen (secondary N) is 2. The van der Waals surface area contributed by atoms with E-state index in [0.29, 0.717) is 5.56 Å². The molecule has 0 bridgehead atoms. The van der Waals surface area contributed by atoms with E-state index in [1.54, 1.807) is 43.3 Å². The number of para-hydroxylation sites is 2. The van der Waals surface area contributed by atoms with Gasteiger partial charge in [-0.25, -0.2) is 4.79 Å². The van der Waals surface area contributed by atoms with Crippen molar-refractivity contribution in [1.29, 1.82) is 0 Å². The van der Waals surface area contributed by atoms with Crippen LogP contribution in [-0.2, 0) is 10.3 Å². The van der Waals surface area contributed by atoms with E-state index in [1.165, 1.54) is 18.2 Å². The number of benzene rings is 2. The Labute approximate surface area is 137 Å². The summed E-state index contributed by atoms with van der Waals surface area (Å²) in [6.07, 6.45) is 0. The molecule has 122 valence electrons. The Hall–Kier alpha value is -3.42. The zero-order chi connectivity index (χ0) is 17.3. The molecule has 0 aliphatic carbocycles. The zero-order valence-corrected chi connectivity index (χ0v) is 12.7. The third-order valence-electron chi connectivity index (χ3n) is 3.87. The van der Waals surface area contributed by atoms with Crippen molar-refractivity contribution in [3.63, 3.8) is 0 Å². The smallest absolute Gasteiger partial charge is 0.318 e. The average Bonchev–Trinajstić information content (AvgIpc) is 2.80. The van der Waals surface area contributed by atoms with Crippen molar-refractivity contribution in [2.75, 3.05) is 5.43 Å². The number of hydrazine groups is 1. The van der Waals surface area contributed by atoms with Crippen LogP contribution < -0.4 is 10.7 Å². The van der Waals surface area contributed by atoms with Crippen LogP contribution in [0.25, 0.3) is 0 Å². The van der Waals surface area contributed by atoms with Gasteiger partial charge in [-0.05, 0) is 18.6 Å². The Balaban J connectivity index is 1.93. The minimum Gasteiger partial charge on any atom is -0.318 e. The van der Waals surface area contributed by atoms with Gasteiger partial charge in [-0.2, -0.15) is 5.01 Å². The van der Waals surface area contributed by atoms with Gasteiger partial charge in [0, 0.05) is 6.07 Å². The largest absolute Gasteiger partial charge is 0.344 e. The summed E-state index contributed by atoms with van der Waals surface area (Å²) >= 11 is 0. The van der Waals surface area contributed by atoms with Crippen LogP contribution in [0, 0.1) is 10.1 Å². The highest BCUT2D eigenvalue weighted by Crippen LogP contribution is 2.31. The van der Waals surface area contributed by atoms with Crippen LogP contribution in [-0.4, -0.2) is 21.9 Å². The first-order chi connectivity index (χ1) is 11.4. The molecule has 8 heteroatoms. The first kappa shape index (κ1) is 15.5. The molecule has 0 unspecified atom stereocenters. The number of amides is 3. The number of carbonyl (C=O) groups excluding carboxylic acids is 2. The molecule has 1 atom stereocenters. The number of anilines is 1. The normalized spacial score (nSPS) is 20.0. The van der Waals surface area contributed by atoms with E-state index < -0.39 is 22.4 Å². The molecule has 0 aromatic heterocycles. The Morgan fingerprint density at radius 3 is 2.38 bits per heavy atom. The van der Waals surface area contributed by atoms with Crippen molar-refractivity contribution in [3.05, 3.63) is 70.3 Å². The molecule has 24 heavy (non-hydrogen) atoms. The minimum absolute atomic E-state index is 0.0586. The van der Waals surface area contributed by atoms with Crippen LogP contribution in [0.2, 0.25) is 0 Å². The van der Waals surface area contributed by atoms with Gasteiger partial charge < -0.3 is 5.32 Å². The molecule has 8 nitrogen and oxygen atoms in total. The molecule has 1 saturated heterocycles. The van der Waals surface area contributed by atoms with Gasteiger partial charge in [0.2, 0.25) is 0 Å². The number of imide groups is 1. The highest BCUT2D eigenvalue weighted by molar-refractivity contribution is 6.08. The molecule has 2 aromatic carbocycles. The van der Waals surface area contributed by atoms with Crippen molar-refractivity contribution in [2.45, 2.75) is 12.5 Å². The number of rotatable bonds is 4. The lowest BCUT2D eigenvalue weighted by Crippen LogP contribution is -2.41. The van der Waals surface area contributed by atoms with Crippen molar-refractivity contribution in [2.24, 2.45) is 0 Å². The third kappa shape index (κ3) is 2.43. The fourth-order valence-corrected chi connectivity index (χ4v) is 2.56. The molecule has 2 N–H and O–H groups in total. The fourth-order valence-electron chi connectivity index (χ4n) is 2.56. The molecule has 2 aromatic rings. The number of nitro groups is 1. The summed E-state index contributed by atoms with van der Waals surface area (Å²) in [5.41, 5.74) is 1.75. The van der Waals surface area contributed by atoms with E-state index in [1.807, 2.05) is 0 Å². The lowest BCUT2D eigenvalue weighted by Gasteiger charge is -2.22. The van der Waals surface area contributed by atoms with Crippen LogP contribution in [0.5, 0.6) is 0 Å². The lowest BCUT2D eigenvalue weighted by molar-refractivity contribution is -0.384. The highest BCUT2D eigenvalue weighted by Gasteiger charge is 2.49. The van der Waals surface area contributed by atoms with E-state index >= 15 is 0 Å². The first-order valence-electron chi connectivity index (χ1n) is 7.16. The van der Waals surface area contributed by atoms with Crippen molar-refractivity contribution in [1.82, 2.24) is 10.3 Å². The number of hydrogen-bond donors (Lipinski definition) is 2. The van der Waals surface area contributed by atoms with Gasteiger partial charge in [0.05, 0.1) is 4.92 Å². The predicted molar refractivity (Wildman–Crippen MR) is 85.9 cm³/mol. The summed E-state index contributed by atoms with van der Waals surface area (Å²) in [5.74, 6) is -0.545. The van der Waals surface area contributed by atoms with E-state index in [0.717, 1.165) is 5.01 Å². The Morgan fingerprint density at radius 1 is 1.08 bits per heavy atom. The monoisotopic (exact) mass is 326 g/mol. The SMILES string of the molecule is C[C@@]1(c2ccccc2)NC(=O)N(Nc2ccccc2[N+](=O)[O-])C1=O. The molecular weight excluding hydrogens is 312 g/mol. The van der Waals surface area contributed by atoms with Gasteiger partial charge in [0.1, 0.15) is 11.2 Å². The van der Waals surface area contributed by atoms with E-state index in [2.05, 4.69) is 10.7 Å². The molecule has 3 rings (SSSR count). The molecule has 1 heterocycles. The molecular formula is C16H14N4O4. The summed E-state index contributed by atoms with van der Waals surface area (Å²) in [7, 11) is 0. The highest BCUT2D eigenvalue weighted by atomic mass is 16.6. The van der Waals surface area contributed by atoms with Crippen LogP contribution in [0.3, 0.4) is 0 Å². The van der Waals surface area contributed by atoms with Crippen LogP contribution in [0.1, 0.15) is 12.5 Å². The maximum atomic E-state index is 12.7. The van der Waals surface area contributed by atoms with Crippen LogP contribution >= 0.6 is 0 Å². The molecule has 0 spiro atoms. The second-order valence-corrected chi connectivity index (χ2v) is 5.45. The standard InChI is InChI=1S/C16H14N4O4/c1-16(11-7-3-2-4-8-11)14(21)19(15(22)17-16)18-12-9-5-6-10-13(12)20(23)24/h2-10,18H,1H3,(H,17,22)/t16-/m0/s1. The Morgan fingerprint density at radius 2 is 1.71 bits per heavy atom. The van der Waals surface area contributed by atoms with Gasteiger partial charge in [-0.3, -0.25) is 20.3 Å². The maximum Gasteiger partial charge on any atom is 0.344 e. The van der Waals surface area contributed by atoms with Crippen molar-refractivity contribution >= 4 is 23.3 Å². The fraction of sp³-hybridized carbons (Fsp3) is 0.125. The molecule has 1 aliphatic rings. The summed E-state index contributed by atoms with van der Waals surface area (Å²) in [5, 5.41) is 14.4. The van der Waals surface area contributed by atoms with Crippen LogP contribution in [0.4, 0.5) is 16.2 Å². The van der Waals surface area contributed by atoms with Gasteiger partial charge in [-0.1, -0.05) is 42.5 Å². The number of carbonyl (C=O) groups is 2. The number of urea groups is 1. The van der Waals surface area contributed by atoms with E-state index in [4.69, 9.17) is 0 Å². The zero-order valence-electron chi connectivity index (χ0n) is 12.7. The van der Waals surface area contributed by atoms with Gasteiger partial charge in [0.25, 0.3) is 11.6 Å². The maximum absolute atomic E-state index is 12.7. The van der Waals surface area contributed by atoms with Crippen LogP contribution in [0.15, 0.2) is 54.6 Å². The number of nitrogens with zero attached hydrogens (tertiary/aromatic N) is 2. The summed E-state index contributed by atoms with van der Waals surface area (Å²) in [6.45, 7) is 1.59. The molecule has 1 fully saturated rings. The minimum atomic E-state index is -1.24. The van der Waals surface area contributed by atoms with Gasteiger partial charge in [0.15, 0.2) is 0 Å². The van der Waals surface area contributed by atoms with Gasteiger partial charge >= 0.3 is 6.03 Å². The predicted octanol–water partition coefficient (Wildman–Crippen LogP) is 2.39. The Kier molecular flexibility index (Phi) is 3.64. The van der Waals surface area contributed by atoms with Gasteiger partial charge in [-0.15, -0.1) is 0 Å². The summed E-state index contributed by atoms with van der Waals surface area (Å²) < 4.78 is 0. The lowest BCUT2D eigenvalue weighted by atomic mass is 9.92. The summed E-state index contributed by atoms with van der Waals surface area (Å²) in [4.78, 5) is 35.4. The molecule has 3 amide bonds. The van der Waals surface area contributed by atoms with E-state index in [-0.39, 0.29) is 11.4 Å². The second-order valence-electron chi connectivity index (χ2n) is 5.45. The Bertz CT molecular complexity index is 824. The molecule has 1 aliphatic heterocycles. The topological polar surface area (TPSA) is 105 Å². The quantitative estimate of drug-likeness (QED) is 0.510. The van der Waals surface area contributed by atoms with Crippen molar-refractivity contribution in [3.8, 4) is 0 Å². The first-order valence-corrected chi connectivity index (χ1v) is 7.16. The summed E-state index contributed by atoms with van der Waals surface area (Å²) in [6, 6.07) is 13.9. The average molecular weight is 326 g/mol.